The van der Waals surface area contributed by atoms with E-state index in [4.69, 9.17) is 7.48 Å². The summed E-state index contributed by atoms with van der Waals surface area (Å²) >= 11 is 2.26. The smallest absolute Gasteiger partial charge is 0.0567 e. The van der Waals surface area contributed by atoms with Crippen LogP contribution in [0.2, 0.25) is 0 Å². The molecule has 2 heteroatoms. The van der Waals surface area contributed by atoms with Crippen LogP contribution >= 0.6 is 22.6 Å². The Bertz CT molecular complexity index is 107. The van der Waals surface area contributed by atoms with Gasteiger partial charge in [0, 0.05) is 17.1 Å². The van der Waals surface area contributed by atoms with Crippen LogP contribution in [0.15, 0.2) is 0 Å². The van der Waals surface area contributed by atoms with Crippen molar-refractivity contribution in [2.24, 2.45) is 0 Å². The molecule has 1 atom stereocenters. The van der Waals surface area contributed by atoms with Crippen LogP contribution in [0.25, 0.3) is 0 Å². The molecule has 1 nitrogen and oxygen atoms in total. The number of hydrogen-bond donors (Lipinski definition) is 0. The minimum atomic E-state index is -1.36. The predicted octanol–water partition coefficient (Wildman–Crippen LogP) is 1.60. The van der Waals surface area contributed by atoms with Crippen molar-refractivity contribution in [3.05, 3.63) is 0 Å². The number of halogens is 1. The molecule has 42 valence electrons. The normalized spacial score (nSPS) is 44.4. The van der Waals surface area contributed by atoms with E-state index >= 15 is 0 Å². The Morgan fingerprint density at radius 1 is 1.71 bits per heavy atom. The van der Waals surface area contributed by atoms with Crippen LogP contribution in [0, 0.1) is 0 Å². The van der Waals surface area contributed by atoms with Crippen molar-refractivity contribution < 1.29 is 7.48 Å². The van der Waals surface area contributed by atoms with Gasteiger partial charge in [-0.1, -0.05) is 22.6 Å². The summed E-state index contributed by atoms with van der Waals surface area (Å²) in [6.45, 7) is -0.787. The van der Waals surface area contributed by atoms with E-state index < -0.39 is 6.56 Å². The van der Waals surface area contributed by atoms with Crippen LogP contribution in [0.4, 0.5) is 0 Å². The number of alkyl halides is 1. The lowest BCUT2D eigenvalue weighted by molar-refractivity contribution is 0.102. The topological polar surface area (TPSA) is 9.23 Å². The highest BCUT2D eigenvalue weighted by Crippen LogP contribution is 2.14. The zero-order valence-electron chi connectivity index (χ0n) is 5.98. The Hall–Kier alpha value is 0.690. The third-order valence-corrected chi connectivity index (χ3v) is 2.00. The number of ether oxygens (including phenoxy) is 1. The summed E-state index contributed by atoms with van der Waals surface area (Å²) in [5.41, 5.74) is 0. The molecule has 0 aliphatic carbocycles. The highest BCUT2D eigenvalue weighted by Gasteiger charge is 2.07. The van der Waals surface area contributed by atoms with Crippen LogP contribution in [0.5, 0.6) is 0 Å². The van der Waals surface area contributed by atoms with Gasteiger partial charge in [-0.05, 0) is 12.8 Å². The molecule has 1 fully saturated rings. The summed E-state index contributed by atoms with van der Waals surface area (Å²) in [5, 5.41) is 0. The molecule has 1 unspecified atom stereocenters. The van der Waals surface area contributed by atoms with Crippen molar-refractivity contribution in [2.45, 2.75) is 16.8 Å². The Kier molecular flexibility index (Phi) is 1.50. The lowest BCUT2D eigenvalue weighted by Crippen LogP contribution is -2.14. The zero-order chi connectivity index (χ0) is 6.91. The lowest BCUT2D eigenvalue weighted by Gasteiger charge is -2.15. The molecule has 1 heterocycles. The average molecular weight is 214 g/mol. The van der Waals surface area contributed by atoms with Gasteiger partial charge in [-0.15, -0.1) is 0 Å². The first-order valence-electron chi connectivity index (χ1n) is 3.38. The van der Waals surface area contributed by atoms with E-state index in [1.165, 1.54) is 0 Å². The molecule has 0 radical (unpaired) electrons. The lowest BCUT2D eigenvalue weighted by atomic mass is 10.2. The van der Waals surface area contributed by atoms with Gasteiger partial charge in [0.15, 0.2) is 0 Å². The van der Waals surface area contributed by atoms with Gasteiger partial charge in [0.25, 0.3) is 0 Å². The van der Waals surface area contributed by atoms with Gasteiger partial charge in [-0.25, -0.2) is 0 Å². The van der Waals surface area contributed by atoms with E-state index in [0.29, 0.717) is 17.0 Å². The minimum absolute atomic E-state index is 0.450. The van der Waals surface area contributed by atoms with Crippen LogP contribution in [0.3, 0.4) is 0 Å². The molecule has 0 bridgehead atoms. The highest BCUT2D eigenvalue weighted by molar-refractivity contribution is 14.1. The minimum Gasteiger partial charge on any atom is -0.381 e. The summed E-state index contributed by atoms with van der Waals surface area (Å²) in [4.78, 5) is 0. The van der Waals surface area contributed by atoms with Gasteiger partial charge in [-0.2, -0.15) is 0 Å². The van der Waals surface area contributed by atoms with Gasteiger partial charge >= 0.3 is 0 Å². The van der Waals surface area contributed by atoms with E-state index in [-0.39, 0.29) is 0 Å². The molecule has 1 aliphatic rings. The van der Waals surface area contributed by atoms with Crippen LogP contribution in [0.1, 0.15) is 15.6 Å². The van der Waals surface area contributed by atoms with Crippen molar-refractivity contribution in [3.8, 4) is 0 Å². The highest BCUT2D eigenvalue weighted by atomic mass is 127. The third kappa shape index (κ3) is 1.95. The maximum absolute atomic E-state index is 7.20. The quantitative estimate of drug-likeness (QED) is 0.439. The molecule has 0 N–H and O–H groups in total. The molecular weight excluding hydrogens is 203 g/mol. The van der Waals surface area contributed by atoms with Gasteiger partial charge in [-0.3, -0.25) is 0 Å². The van der Waals surface area contributed by atoms with Gasteiger partial charge in [0.1, 0.15) is 0 Å². The van der Waals surface area contributed by atoms with Crippen LogP contribution in [-0.2, 0) is 4.74 Å². The summed E-state index contributed by atoms with van der Waals surface area (Å²) < 4.78 is 19.7. The summed E-state index contributed by atoms with van der Waals surface area (Å²) in [6.07, 6.45) is 1.52. The standard InChI is InChI=1S/C5H9IO/c6-5-1-3-7-4-2-5/h5H,1-4H2/i3D2. The molecule has 7 heavy (non-hydrogen) atoms. The molecule has 0 saturated carbocycles. The first-order valence-corrected chi connectivity index (χ1v) is 3.63. The van der Waals surface area contributed by atoms with Crippen molar-refractivity contribution in [2.75, 3.05) is 13.2 Å². The summed E-state index contributed by atoms with van der Waals surface area (Å²) in [6, 6.07) is 0. The second kappa shape index (κ2) is 2.87. The first kappa shape index (κ1) is 3.67. The molecule has 1 aliphatic heterocycles. The molecule has 1 rings (SSSR count). The second-order valence-electron chi connectivity index (χ2n) is 1.58. The third-order valence-electron chi connectivity index (χ3n) is 0.940. The Labute approximate surface area is 60.4 Å². The van der Waals surface area contributed by atoms with Crippen molar-refractivity contribution in [1.82, 2.24) is 0 Å². The molecule has 0 spiro atoms. The number of hydrogen-bond acceptors (Lipinski definition) is 1. The van der Waals surface area contributed by atoms with Crippen molar-refractivity contribution in [3.63, 3.8) is 0 Å². The Morgan fingerprint density at radius 2 is 2.57 bits per heavy atom. The van der Waals surface area contributed by atoms with E-state index in [2.05, 4.69) is 22.6 Å². The van der Waals surface area contributed by atoms with E-state index in [0.717, 1.165) is 6.42 Å². The van der Waals surface area contributed by atoms with Gasteiger partial charge in [0.05, 0.1) is 2.74 Å². The van der Waals surface area contributed by atoms with E-state index in [1.807, 2.05) is 0 Å². The maximum atomic E-state index is 7.20. The monoisotopic (exact) mass is 214 g/mol. The van der Waals surface area contributed by atoms with E-state index in [1.54, 1.807) is 0 Å². The second-order valence-corrected chi connectivity index (χ2v) is 3.34. The van der Waals surface area contributed by atoms with Crippen LogP contribution in [-0.4, -0.2) is 17.1 Å². The largest absolute Gasteiger partial charge is 0.381 e. The van der Waals surface area contributed by atoms with Gasteiger partial charge < -0.3 is 4.74 Å². The summed E-state index contributed by atoms with van der Waals surface area (Å²) in [5.74, 6) is 0. The fourth-order valence-corrected chi connectivity index (χ4v) is 0.944. The summed E-state index contributed by atoms with van der Waals surface area (Å²) in [7, 11) is 0. The fraction of sp³-hybridized carbons (Fsp3) is 1.00. The molecule has 0 amide bonds. The molecule has 0 aromatic heterocycles. The molecule has 0 aromatic rings. The maximum Gasteiger partial charge on any atom is 0.0567 e. The fourth-order valence-electron chi connectivity index (χ4n) is 0.510. The van der Waals surface area contributed by atoms with E-state index in [9.17, 15) is 0 Å². The number of rotatable bonds is 0. The Balaban J connectivity index is 2.41. The van der Waals surface area contributed by atoms with Crippen molar-refractivity contribution in [1.29, 1.82) is 0 Å². The average Bonchev–Trinajstić information content (AvgIpc) is 1.60. The SMILES string of the molecule is [2H]C1([2H])CC(I)CCO1. The molecule has 0 aromatic carbocycles. The molecule has 1 saturated heterocycles. The molecular formula is C5H9IO. The van der Waals surface area contributed by atoms with Crippen LogP contribution < -0.4 is 0 Å². The zero-order valence-corrected chi connectivity index (χ0v) is 6.14. The van der Waals surface area contributed by atoms with Crippen molar-refractivity contribution >= 4 is 22.6 Å². The first-order chi connectivity index (χ1) is 4.10. The predicted molar refractivity (Wildman–Crippen MR) is 37.9 cm³/mol. The Morgan fingerprint density at radius 3 is 3.00 bits per heavy atom. The van der Waals surface area contributed by atoms with Gasteiger partial charge in [0.2, 0.25) is 0 Å².